The van der Waals surface area contributed by atoms with Crippen LogP contribution in [0.15, 0.2) is 0 Å². The van der Waals surface area contributed by atoms with Crippen LogP contribution in [0.25, 0.3) is 0 Å². The van der Waals surface area contributed by atoms with E-state index in [1.165, 1.54) is 24.3 Å². The lowest BCUT2D eigenvalue weighted by Gasteiger charge is -2.22. The topological polar surface area (TPSA) is 55.1 Å². The number of amides is 1. The predicted molar refractivity (Wildman–Crippen MR) is 84.3 cm³/mol. The van der Waals surface area contributed by atoms with E-state index in [0.717, 1.165) is 25.9 Å². The average Bonchev–Trinajstić information content (AvgIpc) is 2.42. The van der Waals surface area contributed by atoms with Crippen molar-refractivity contribution in [1.29, 1.82) is 0 Å². The minimum Gasteiger partial charge on any atom is -0.356 e. The summed E-state index contributed by atoms with van der Waals surface area (Å²) in [5.74, 6) is 4.64. The smallest absolute Gasteiger partial charge is 0.220 e. The third kappa shape index (κ3) is 7.21. The highest BCUT2D eigenvalue weighted by atomic mass is 32.2. The molecule has 4 heteroatoms. The Kier molecular flexibility index (Phi) is 8.55. The van der Waals surface area contributed by atoms with Crippen molar-refractivity contribution < 1.29 is 4.79 Å². The summed E-state index contributed by atoms with van der Waals surface area (Å²) in [6, 6.07) is 0. The number of carbonyl (C=O) groups is 1. The maximum Gasteiger partial charge on any atom is 0.220 e. The van der Waals surface area contributed by atoms with Gasteiger partial charge in [0.15, 0.2) is 0 Å². The molecule has 19 heavy (non-hydrogen) atoms. The Morgan fingerprint density at radius 2 is 2.00 bits per heavy atom. The molecule has 0 saturated carbocycles. The molecule has 3 nitrogen and oxygen atoms in total. The minimum absolute atomic E-state index is 0.223. The Hall–Kier alpha value is -0.220. The first-order valence-electron chi connectivity index (χ1n) is 7.68. The molecule has 0 aromatic rings. The summed E-state index contributed by atoms with van der Waals surface area (Å²) < 4.78 is 0. The molecule has 1 rings (SSSR count). The highest BCUT2D eigenvalue weighted by molar-refractivity contribution is 7.99. The fourth-order valence-corrected chi connectivity index (χ4v) is 3.84. The molecule has 3 N–H and O–H groups in total. The Balaban J connectivity index is 2.15. The van der Waals surface area contributed by atoms with E-state index in [0.29, 0.717) is 24.2 Å². The van der Waals surface area contributed by atoms with Gasteiger partial charge in [-0.15, -0.1) is 0 Å². The molecule has 0 aliphatic carbocycles. The van der Waals surface area contributed by atoms with Crippen molar-refractivity contribution in [2.45, 2.75) is 46.0 Å². The van der Waals surface area contributed by atoms with Gasteiger partial charge in [-0.25, -0.2) is 0 Å². The van der Waals surface area contributed by atoms with E-state index in [1.807, 2.05) is 11.8 Å². The number of hydrogen-bond donors (Lipinski definition) is 2. The molecule has 1 saturated heterocycles. The van der Waals surface area contributed by atoms with Gasteiger partial charge < -0.3 is 11.1 Å². The monoisotopic (exact) mass is 286 g/mol. The van der Waals surface area contributed by atoms with Crippen LogP contribution in [0.1, 0.15) is 46.0 Å². The third-order valence-corrected chi connectivity index (χ3v) is 5.20. The summed E-state index contributed by atoms with van der Waals surface area (Å²) in [5, 5.41) is 3.11. The van der Waals surface area contributed by atoms with Gasteiger partial charge in [0.05, 0.1) is 0 Å². The van der Waals surface area contributed by atoms with E-state index < -0.39 is 0 Å². The first-order chi connectivity index (χ1) is 9.13. The molecule has 1 aliphatic heterocycles. The molecule has 1 amide bonds. The van der Waals surface area contributed by atoms with Crippen LogP contribution in [0, 0.1) is 17.8 Å². The molecule has 1 aliphatic rings. The van der Waals surface area contributed by atoms with Gasteiger partial charge in [-0.2, -0.15) is 11.8 Å². The normalized spacial score (nSPS) is 18.5. The lowest BCUT2D eigenvalue weighted by Crippen LogP contribution is -2.31. The molecule has 1 unspecified atom stereocenters. The van der Waals surface area contributed by atoms with Gasteiger partial charge in [0, 0.05) is 13.0 Å². The van der Waals surface area contributed by atoms with Crippen molar-refractivity contribution in [1.82, 2.24) is 5.32 Å². The van der Waals surface area contributed by atoms with Crippen LogP contribution in [-0.4, -0.2) is 30.5 Å². The summed E-state index contributed by atoms with van der Waals surface area (Å²) in [6.45, 7) is 6.04. The van der Waals surface area contributed by atoms with Crippen LogP contribution in [-0.2, 0) is 4.79 Å². The van der Waals surface area contributed by atoms with Gasteiger partial charge in [0.25, 0.3) is 0 Å². The Bertz CT molecular complexity index is 253. The number of hydrogen-bond acceptors (Lipinski definition) is 3. The van der Waals surface area contributed by atoms with Gasteiger partial charge in [0.1, 0.15) is 0 Å². The Labute approximate surface area is 122 Å². The molecule has 1 fully saturated rings. The van der Waals surface area contributed by atoms with Crippen LogP contribution in [0.3, 0.4) is 0 Å². The summed E-state index contributed by atoms with van der Waals surface area (Å²) in [4.78, 5) is 11.9. The minimum atomic E-state index is 0.223. The van der Waals surface area contributed by atoms with Gasteiger partial charge in [-0.05, 0) is 61.5 Å². The summed E-state index contributed by atoms with van der Waals surface area (Å²) in [5.41, 5.74) is 5.63. The first-order valence-corrected chi connectivity index (χ1v) is 8.83. The van der Waals surface area contributed by atoms with Crippen molar-refractivity contribution in [3.8, 4) is 0 Å². The molecule has 1 heterocycles. The highest BCUT2D eigenvalue weighted by Gasteiger charge is 2.16. The van der Waals surface area contributed by atoms with Gasteiger partial charge in [-0.1, -0.05) is 13.8 Å². The molecular formula is C15H30N2OS. The molecule has 0 radical (unpaired) electrons. The zero-order chi connectivity index (χ0) is 14.1. The molecule has 0 aromatic carbocycles. The van der Waals surface area contributed by atoms with Crippen LogP contribution >= 0.6 is 11.8 Å². The van der Waals surface area contributed by atoms with Gasteiger partial charge >= 0.3 is 0 Å². The lowest BCUT2D eigenvalue weighted by atomic mass is 9.88. The fraction of sp³-hybridized carbons (Fsp3) is 0.933. The van der Waals surface area contributed by atoms with Crippen LogP contribution in [0.2, 0.25) is 0 Å². The van der Waals surface area contributed by atoms with Crippen molar-refractivity contribution in [2.75, 3.05) is 24.6 Å². The summed E-state index contributed by atoms with van der Waals surface area (Å²) in [6.07, 6.45) is 5.18. The van der Waals surface area contributed by atoms with Gasteiger partial charge in [-0.3, -0.25) is 4.79 Å². The third-order valence-electron chi connectivity index (χ3n) is 4.15. The molecule has 1 atom stereocenters. The van der Waals surface area contributed by atoms with E-state index >= 15 is 0 Å². The summed E-state index contributed by atoms with van der Waals surface area (Å²) >= 11 is 2.03. The number of thioether (sulfide) groups is 1. The van der Waals surface area contributed by atoms with E-state index in [9.17, 15) is 4.79 Å². The highest BCUT2D eigenvalue weighted by Crippen LogP contribution is 2.22. The van der Waals surface area contributed by atoms with Crippen molar-refractivity contribution in [3.05, 3.63) is 0 Å². The first kappa shape index (κ1) is 16.8. The molecule has 0 bridgehead atoms. The Morgan fingerprint density at radius 1 is 1.32 bits per heavy atom. The van der Waals surface area contributed by atoms with Crippen LogP contribution in [0.5, 0.6) is 0 Å². The van der Waals surface area contributed by atoms with Crippen molar-refractivity contribution >= 4 is 17.7 Å². The molecule has 0 spiro atoms. The van der Waals surface area contributed by atoms with E-state index in [4.69, 9.17) is 5.73 Å². The molecular weight excluding hydrogens is 256 g/mol. The van der Waals surface area contributed by atoms with Crippen molar-refractivity contribution in [3.63, 3.8) is 0 Å². The zero-order valence-corrected chi connectivity index (χ0v) is 13.3. The molecule has 0 aromatic heterocycles. The average molecular weight is 286 g/mol. The number of nitrogens with one attached hydrogen (secondary N) is 1. The lowest BCUT2D eigenvalue weighted by molar-refractivity contribution is -0.121. The van der Waals surface area contributed by atoms with Crippen LogP contribution < -0.4 is 11.1 Å². The maximum atomic E-state index is 11.9. The second kappa shape index (κ2) is 9.65. The van der Waals surface area contributed by atoms with E-state index in [2.05, 4.69) is 19.2 Å². The number of carbonyl (C=O) groups excluding carboxylic acids is 1. The van der Waals surface area contributed by atoms with Crippen LogP contribution in [0.4, 0.5) is 0 Å². The van der Waals surface area contributed by atoms with E-state index in [1.54, 1.807) is 0 Å². The van der Waals surface area contributed by atoms with Gasteiger partial charge in [0.2, 0.25) is 5.91 Å². The number of rotatable bonds is 8. The standard InChI is InChI=1S/C15H30N2OS/c1-12(2)14(5-8-16)3-4-15(18)17-11-13-6-9-19-10-7-13/h12-14H,3-11,16H2,1-2H3,(H,17,18). The largest absolute Gasteiger partial charge is 0.356 e. The van der Waals surface area contributed by atoms with Crippen molar-refractivity contribution in [2.24, 2.45) is 23.5 Å². The zero-order valence-electron chi connectivity index (χ0n) is 12.5. The molecule has 112 valence electrons. The number of nitrogens with two attached hydrogens (primary N) is 1. The second-order valence-corrected chi connectivity index (χ2v) is 7.20. The SMILES string of the molecule is CC(C)C(CCN)CCC(=O)NCC1CCSCC1. The maximum absolute atomic E-state index is 11.9. The quantitative estimate of drug-likeness (QED) is 0.721. The fourth-order valence-electron chi connectivity index (χ4n) is 2.64. The second-order valence-electron chi connectivity index (χ2n) is 5.98. The summed E-state index contributed by atoms with van der Waals surface area (Å²) in [7, 11) is 0. The Morgan fingerprint density at radius 3 is 2.58 bits per heavy atom. The van der Waals surface area contributed by atoms with E-state index in [-0.39, 0.29) is 5.91 Å². The predicted octanol–water partition coefficient (Wildman–Crippen LogP) is 2.65.